The molecule has 0 bridgehead atoms. The molecule has 2 aromatic rings. The van der Waals surface area contributed by atoms with Gasteiger partial charge in [0.2, 0.25) is 0 Å². The Morgan fingerprint density at radius 3 is 2.42 bits per heavy atom. The second-order valence-corrected chi connectivity index (χ2v) is 4.56. The Morgan fingerprint density at radius 2 is 1.84 bits per heavy atom. The highest BCUT2D eigenvalue weighted by Crippen LogP contribution is 2.26. The molecule has 0 aromatic heterocycles. The predicted octanol–water partition coefficient (Wildman–Crippen LogP) is 3.62. The first-order chi connectivity index (χ1) is 9.10. The molecular weight excluding hydrogens is 315 g/mol. The molecule has 96 valence electrons. The third-order valence-corrected chi connectivity index (χ3v) is 2.99. The van der Waals surface area contributed by atoms with E-state index in [1.165, 1.54) is 36.4 Å². The fraction of sp³-hybridized carbons (Fsp3) is 0. The summed E-state index contributed by atoms with van der Waals surface area (Å²) in [7, 11) is 0. The van der Waals surface area contributed by atoms with Crippen LogP contribution in [-0.4, -0.2) is 12.3 Å². The van der Waals surface area contributed by atoms with Crippen molar-refractivity contribution in [3.8, 4) is 5.75 Å². The van der Waals surface area contributed by atoms with Crippen molar-refractivity contribution in [2.24, 2.45) is 0 Å². The summed E-state index contributed by atoms with van der Waals surface area (Å²) in [4.78, 5) is 22.4. The predicted molar refractivity (Wildman–Crippen MR) is 70.9 cm³/mol. The average molecular weight is 323 g/mol. The molecule has 0 amide bonds. The van der Waals surface area contributed by atoms with Crippen LogP contribution < -0.4 is 4.74 Å². The van der Waals surface area contributed by atoms with Crippen LogP contribution in [0.2, 0.25) is 0 Å². The van der Waals surface area contributed by atoms with Crippen LogP contribution >= 0.6 is 15.9 Å². The first-order valence-corrected chi connectivity index (χ1v) is 6.12. The first-order valence-electron chi connectivity index (χ1n) is 5.32. The van der Waals surface area contributed by atoms with Gasteiger partial charge >= 0.3 is 5.97 Å². The van der Waals surface area contributed by atoms with Gasteiger partial charge in [-0.25, -0.2) is 9.18 Å². The number of hydrogen-bond donors (Lipinski definition) is 0. The van der Waals surface area contributed by atoms with E-state index >= 15 is 0 Å². The van der Waals surface area contributed by atoms with Crippen molar-refractivity contribution in [2.75, 3.05) is 0 Å². The lowest BCUT2D eigenvalue weighted by Gasteiger charge is -2.06. The summed E-state index contributed by atoms with van der Waals surface area (Å²) >= 11 is 3.20. The topological polar surface area (TPSA) is 43.4 Å². The molecule has 0 unspecified atom stereocenters. The van der Waals surface area contributed by atoms with E-state index in [1.807, 2.05) is 0 Å². The molecule has 5 heteroatoms. The molecule has 0 fully saturated rings. The Labute approximate surface area is 117 Å². The van der Waals surface area contributed by atoms with Crippen molar-refractivity contribution in [1.29, 1.82) is 0 Å². The Bertz CT molecular complexity index is 623. The highest BCUT2D eigenvalue weighted by atomic mass is 79.9. The van der Waals surface area contributed by atoms with Crippen LogP contribution in [0.4, 0.5) is 4.39 Å². The van der Waals surface area contributed by atoms with Crippen LogP contribution in [0.1, 0.15) is 20.7 Å². The zero-order valence-corrected chi connectivity index (χ0v) is 11.2. The third kappa shape index (κ3) is 3.26. The van der Waals surface area contributed by atoms with Gasteiger partial charge in [0.15, 0.2) is 0 Å². The Morgan fingerprint density at radius 1 is 1.16 bits per heavy atom. The zero-order chi connectivity index (χ0) is 13.8. The fourth-order valence-electron chi connectivity index (χ4n) is 1.42. The second-order valence-electron chi connectivity index (χ2n) is 3.70. The summed E-state index contributed by atoms with van der Waals surface area (Å²) in [5.74, 6) is -0.729. The smallest absolute Gasteiger partial charge is 0.343 e. The number of halogens is 2. The number of esters is 1. The Kier molecular flexibility index (Phi) is 4.06. The van der Waals surface area contributed by atoms with Gasteiger partial charge in [-0.05, 0) is 58.4 Å². The highest BCUT2D eigenvalue weighted by molar-refractivity contribution is 9.10. The number of ether oxygens (including phenoxy) is 1. The molecule has 0 N–H and O–H groups in total. The number of aldehydes is 1. The molecule has 0 spiro atoms. The summed E-state index contributed by atoms with van der Waals surface area (Å²) in [5, 5.41) is 0. The minimum absolute atomic E-state index is 0.243. The largest absolute Gasteiger partial charge is 0.422 e. The van der Waals surface area contributed by atoms with Crippen molar-refractivity contribution in [3.05, 3.63) is 63.9 Å². The molecular formula is C14H8BrFO3. The molecule has 0 heterocycles. The van der Waals surface area contributed by atoms with Crippen LogP contribution in [-0.2, 0) is 0 Å². The van der Waals surface area contributed by atoms with Crippen LogP contribution in [0, 0.1) is 5.82 Å². The van der Waals surface area contributed by atoms with Gasteiger partial charge in [0.1, 0.15) is 17.9 Å². The summed E-state index contributed by atoms with van der Waals surface area (Å²) < 4.78 is 18.4. The molecule has 0 aliphatic carbocycles. The molecule has 0 atom stereocenters. The number of benzene rings is 2. The lowest BCUT2D eigenvalue weighted by atomic mass is 10.2. The van der Waals surface area contributed by atoms with Crippen LogP contribution in [0.3, 0.4) is 0 Å². The third-order valence-electron chi connectivity index (χ3n) is 2.37. The summed E-state index contributed by atoms with van der Waals surface area (Å²) in [6.07, 6.45) is 0.691. The summed E-state index contributed by atoms with van der Waals surface area (Å²) in [5.41, 5.74) is 0.709. The van der Waals surface area contributed by atoms with Crippen LogP contribution in [0.25, 0.3) is 0 Å². The van der Waals surface area contributed by atoms with E-state index in [4.69, 9.17) is 4.74 Å². The molecule has 0 saturated heterocycles. The van der Waals surface area contributed by atoms with E-state index in [0.717, 1.165) is 0 Å². The minimum atomic E-state index is -0.598. The lowest BCUT2D eigenvalue weighted by Crippen LogP contribution is -2.08. The maximum Gasteiger partial charge on any atom is 0.343 e. The first kappa shape index (κ1) is 13.4. The minimum Gasteiger partial charge on any atom is -0.422 e. The zero-order valence-electron chi connectivity index (χ0n) is 9.60. The highest BCUT2D eigenvalue weighted by Gasteiger charge is 2.11. The molecule has 0 radical (unpaired) electrons. The van der Waals surface area contributed by atoms with E-state index in [2.05, 4.69) is 15.9 Å². The maximum atomic E-state index is 12.7. The van der Waals surface area contributed by atoms with E-state index in [1.54, 1.807) is 6.07 Å². The normalized spacial score (nSPS) is 10.0. The maximum absolute atomic E-state index is 12.7. The Balaban J connectivity index is 2.19. The van der Waals surface area contributed by atoms with Gasteiger partial charge in [0.25, 0.3) is 0 Å². The molecule has 0 aliphatic rings. The summed E-state index contributed by atoms with van der Waals surface area (Å²) in [6.45, 7) is 0. The van der Waals surface area contributed by atoms with Crippen LogP contribution in [0.15, 0.2) is 46.9 Å². The van der Waals surface area contributed by atoms with E-state index in [9.17, 15) is 14.0 Å². The van der Waals surface area contributed by atoms with Gasteiger partial charge in [-0.2, -0.15) is 0 Å². The van der Waals surface area contributed by atoms with Crippen molar-refractivity contribution in [1.82, 2.24) is 0 Å². The molecule has 2 aromatic carbocycles. The van der Waals surface area contributed by atoms with Gasteiger partial charge in [-0.1, -0.05) is 0 Å². The second kappa shape index (κ2) is 5.75. The van der Waals surface area contributed by atoms with Gasteiger partial charge in [0.05, 0.1) is 10.0 Å². The van der Waals surface area contributed by atoms with Crippen molar-refractivity contribution >= 4 is 28.2 Å². The van der Waals surface area contributed by atoms with Gasteiger partial charge in [0, 0.05) is 5.56 Å². The number of hydrogen-bond acceptors (Lipinski definition) is 3. The van der Waals surface area contributed by atoms with E-state index < -0.39 is 11.8 Å². The molecule has 0 aliphatic heterocycles. The molecule has 0 saturated carbocycles. The molecule has 3 nitrogen and oxygen atoms in total. The average Bonchev–Trinajstić information content (AvgIpc) is 2.41. The monoisotopic (exact) mass is 322 g/mol. The van der Waals surface area contributed by atoms with Gasteiger partial charge in [-0.15, -0.1) is 0 Å². The van der Waals surface area contributed by atoms with Crippen molar-refractivity contribution in [2.45, 2.75) is 0 Å². The molecule has 2 rings (SSSR count). The lowest BCUT2D eigenvalue weighted by molar-refractivity contribution is 0.0733. The number of rotatable bonds is 3. The molecule has 19 heavy (non-hydrogen) atoms. The summed E-state index contributed by atoms with van der Waals surface area (Å²) in [6, 6.07) is 9.62. The number of carbonyl (C=O) groups excluding carboxylic acids is 2. The Hall–Kier alpha value is -2.01. The van der Waals surface area contributed by atoms with Crippen molar-refractivity contribution < 1.29 is 18.7 Å². The van der Waals surface area contributed by atoms with Gasteiger partial charge < -0.3 is 4.74 Å². The quantitative estimate of drug-likeness (QED) is 0.492. The van der Waals surface area contributed by atoms with E-state index in [0.29, 0.717) is 22.1 Å². The number of carbonyl (C=O) groups is 2. The standard InChI is InChI=1S/C14H8BrFO3/c15-12-7-9(8-17)1-6-13(12)19-14(18)10-2-4-11(16)5-3-10/h1-8H. The fourth-order valence-corrected chi connectivity index (χ4v) is 1.90. The van der Waals surface area contributed by atoms with E-state index in [-0.39, 0.29) is 5.56 Å². The van der Waals surface area contributed by atoms with Gasteiger partial charge in [-0.3, -0.25) is 4.79 Å². The SMILES string of the molecule is O=Cc1ccc(OC(=O)c2ccc(F)cc2)c(Br)c1. The van der Waals surface area contributed by atoms with Crippen LogP contribution in [0.5, 0.6) is 5.75 Å². The van der Waals surface area contributed by atoms with Crippen molar-refractivity contribution in [3.63, 3.8) is 0 Å².